The number of benzene rings is 1. The zero-order chi connectivity index (χ0) is 20.9. The van der Waals surface area contributed by atoms with Crippen molar-refractivity contribution in [3.63, 3.8) is 0 Å². The highest BCUT2D eigenvalue weighted by Crippen LogP contribution is 2.40. The Balaban J connectivity index is 1.94. The highest BCUT2D eigenvalue weighted by atomic mass is 79.9. The number of piperidine rings is 1. The number of aryl methyl sites for hydroxylation is 2. The molecule has 1 aromatic carbocycles. The summed E-state index contributed by atoms with van der Waals surface area (Å²) in [6, 6.07) is 6.03. The van der Waals surface area contributed by atoms with E-state index < -0.39 is 0 Å². The first-order valence-corrected chi connectivity index (χ1v) is 11.8. The average molecular weight is 542 g/mol. The van der Waals surface area contributed by atoms with E-state index in [-0.39, 0.29) is 6.61 Å². The molecule has 2 aromatic heterocycles. The molecule has 7 heteroatoms. The van der Waals surface area contributed by atoms with Crippen LogP contribution in [0.25, 0.3) is 16.7 Å². The third-order valence-corrected chi connectivity index (χ3v) is 7.42. The minimum absolute atomic E-state index is 0.283. The van der Waals surface area contributed by atoms with Crippen molar-refractivity contribution >= 4 is 60.2 Å². The maximum Gasteiger partial charge on any atom is 0.147 e. The molecule has 4 rings (SSSR count). The first-order chi connectivity index (χ1) is 13.8. The van der Waals surface area contributed by atoms with Crippen molar-refractivity contribution < 1.29 is 5.11 Å². The second-order valence-electron chi connectivity index (χ2n) is 7.86. The Morgan fingerprint density at radius 1 is 1.10 bits per heavy atom. The van der Waals surface area contributed by atoms with Gasteiger partial charge in [-0.15, -0.1) is 0 Å². The number of rotatable bonds is 3. The third kappa shape index (κ3) is 3.73. The fourth-order valence-electron chi connectivity index (χ4n) is 4.30. The highest BCUT2D eigenvalue weighted by molar-refractivity contribution is 9.11. The number of halogens is 3. The number of aliphatic hydroxyl groups excluding tert-OH is 1. The lowest BCUT2D eigenvalue weighted by molar-refractivity contribution is 0.203. The van der Waals surface area contributed by atoms with Crippen LogP contribution < -0.4 is 4.90 Å². The van der Waals surface area contributed by atoms with Gasteiger partial charge in [-0.3, -0.25) is 4.57 Å². The molecule has 0 saturated carbocycles. The van der Waals surface area contributed by atoms with E-state index in [0.29, 0.717) is 10.9 Å². The van der Waals surface area contributed by atoms with Crippen molar-refractivity contribution in [1.82, 2.24) is 9.55 Å². The fourth-order valence-corrected chi connectivity index (χ4v) is 6.32. The second kappa shape index (κ2) is 8.22. The lowest BCUT2D eigenvalue weighted by atomic mass is 9.97. The lowest BCUT2D eigenvalue weighted by Gasteiger charge is -2.33. The van der Waals surface area contributed by atoms with Gasteiger partial charge in [0.1, 0.15) is 5.65 Å². The van der Waals surface area contributed by atoms with Crippen molar-refractivity contribution in [2.75, 3.05) is 24.6 Å². The van der Waals surface area contributed by atoms with E-state index in [4.69, 9.17) is 16.6 Å². The van der Waals surface area contributed by atoms with Crippen LogP contribution in [0.15, 0.2) is 27.1 Å². The zero-order valence-corrected chi connectivity index (χ0v) is 20.7. The number of hydrogen-bond donors (Lipinski definition) is 1. The Bertz CT molecular complexity index is 1060. The van der Waals surface area contributed by atoms with E-state index in [0.717, 1.165) is 57.6 Å². The summed E-state index contributed by atoms with van der Waals surface area (Å²) < 4.78 is 4.06. The van der Waals surface area contributed by atoms with Crippen molar-refractivity contribution in [1.29, 1.82) is 0 Å². The SMILES string of the molecule is Cc1cc(N2CCC(CO)CC2)c2c(C)c(C)n(-c3c(Br)cc(Cl)cc3Br)c2n1. The van der Waals surface area contributed by atoms with Gasteiger partial charge in [-0.25, -0.2) is 4.98 Å². The smallest absolute Gasteiger partial charge is 0.147 e. The van der Waals surface area contributed by atoms with Gasteiger partial charge in [0.15, 0.2) is 0 Å². The Hall–Kier alpha value is -1.08. The number of hydrogen-bond acceptors (Lipinski definition) is 3. The molecule has 0 amide bonds. The van der Waals surface area contributed by atoms with E-state index in [1.807, 2.05) is 12.1 Å². The van der Waals surface area contributed by atoms with E-state index in [1.165, 1.54) is 16.6 Å². The van der Waals surface area contributed by atoms with Crippen LogP contribution in [0, 0.1) is 26.7 Å². The molecule has 0 atom stereocenters. The summed E-state index contributed by atoms with van der Waals surface area (Å²) in [7, 11) is 0. The molecular formula is C22H24Br2ClN3O. The van der Waals surface area contributed by atoms with Crippen LogP contribution in [-0.2, 0) is 0 Å². The van der Waals surface area contributed by atoms with Gasteiger partial charge >= 0.3 is 0 Å². The van der Waals surface area contributed by atoms with Crippen LogP contribution in [0.3, 0.4) is 0 Å². The number of fused-ring (bicyclic) bond motifs is 1. The number of nitrogens with zero attached hydrogens (tertiary/aromatic N) is 3. The summed E-state index contributed by atoms with van der Waals surface area (Å²) in [5, 5.41) is 11.4. The molecule has 4 nitrogen and oxygen atoms in total. The molecule has 1 aliphatic heterocycles. The van der Waals surface area contributed by atoms with Gasteiger partial charge < -0.3 is 10.0 Å². The molecule has 0 unspecified atom stereocenters. The molecule has 1 aliphatic rings. The van der Waals surface area contributed by atoms with E-state index in [9.17, 15) is 5.11 Å². The summed E-state index contributed by atoms with van der Waals surface area (Å²) in [5.41, 5.74) is 6.60. The molecule has 0 spiro atoms. The molecule has 3 heterocycles. The van der Waals surface area contributed by atoms with E-state index in [2.05, 4.69) is 68.2 Å². The topological polar surface area (TPSA) is 41.3 Å². The van der Waals surface area contributed by atoms with Crippen LogP contribution in [0.2, 0.25) is 5.02 Å². The standard InChI is InChI=1S/C22H24Br2ClN3O/c1-12-8-19(27-6-4-15(11-29)5-7-27)20-13(2)14(3)28(22(20)26-12)21-17(23)9-16(25)10-18(21)24/h8-10,15,29H,4-7,11H2,1-3H3. The maximum absolute atomic E-state index is 9.49. The predicted octanol–water partition coefficient (Wildman–Crippen LogP) is 6.34. The molecule has 29 heavy (non-hydrogen) atoms. The van der Waals surface area contributed by atoms with E-state index in [1.54, 1.807) is 0 Å². The van der Waals surface area contributed by atoms with Gasteiger partial charge in [-0.2, -0.15) is 0 Å². The van der Waals surface area contributed by atoms with Crippen LogP contribution in [-0.4, -0.2) is 34.4 Å². The zero-order valence-electron chi connectivity index (χ0n) is 16.8. The van der Waals surface area contributed by atoms with Gasteiger partial charge in [0.25, 0.3) is 0 Å². The van der Waals surface area contributed by atoms with Gasteiger partial charge in [-0.05, 0) is 95.2 Å². The van der Waals surface area contributed by atoms with Crippen molar-refractivity contribution in [2.24, 2.45) is 5.92 Å². The quantitative estimate of drug-likeness (QED) is 0.421. The van der Waals surface area contributed by atoms with Gasteiger partial charge in [0.2, 0.25) is 0 Å². The van der Waals surface area contributed by atoms with Crippen molar-refractivity contribution in [3.8, 4) is 5.69 Å². The summed E-state index contributed by atoms with van der Waals surface area (Å²) >= 11 is 13.6. The van der Waals surface area contributed by atoms with Gasteiger partial charge in [0, 0.05) is 56.1 Å². The molecule has 1 saturated heterocycles. The predicted molar refractivity (Wildman–Crippen MR) is 128 cm³/mol. The van der Waals surface area contributed by atoms with Crippen molar-refractivity contribution in [2.45, 2.75) is 33.6 Å². The number of aromatic nitrogens is 2. The molecular weight excluding hydrogens is 518 g/mol. The normalized spacial score (nSPS) is 15.5. The highest BCUT2D eigenvalue weighted by Gasteiger charge is 2.25. The summed E-state index contributed by atoms with van der Waals surface area (Å²) in [4.78, 5) is 7.40. The lowest BCUT2D eigenvalue weighted by Crippen LogP contribution is -2.35. The Morgan fingerprint density at radius 3 is 2.31 bits per heavy atom. The average Bonchev–Trinajstić information content (AvgIpc) is 2.92. The van der Waals surface area contributed by atoms with Crippen LogP contribution >= 0.6 is 43.5 Å². The Kier molecular flexibility index (Phi) is 6.00. The molecule has 0 aliphatic carbocycles. The minimum Gasteiger partial charge on any atom is -0.396 e. The van der Waals surface area contributed by atoms with E-state index >= 15 is 0 Å². The number of anilines is 1. The molecule has 0 bridgehead atoms. The minimum atomic E-state index is 0.283. The van der Waals surface area contributed by atoms with Gasteiger partial charge in [-0.1, -0.05) is 11.6 Å². The van der Waals surface area contributed by atoms with Crippen LogP contribution in [0.5, 0.6) is 0 Å². The van der Waals surface area contributed by atoms with Crippen molar-refractivity contribution in [3.05, 3.63) is 49.1 Å². The molecule has 154 valence electrons. The summed E-state index contributed by atoms with van der Waals surface area (Å²) in [5.74, 6) is 0.415. The third-order valence-electron chi connectivity index (χ3n) is 5.99. The first kappa shape index (κ1) is 21.2. The fraction of sp³-hybridized carbons (Fsp3) is 0.409. The number of pyridine rings is 1. The molecule has 0 radical (unpaired) electrons. The number of aliphatic hydroxyl groups is 1. The monoisotopic (exact) mass is 539 g/mol. The van der Waals surface area contributed by atoms with Crippen LogP contribution in [0.1, 0.15) is 29.8 Å². The van der Waals surface area contributed by atoms with Crippen LogP contribution in [0.4, 0.5) is 5.69 Å². The Morgan fingerprint density at radius 2 is 1.72 bits per heavy atom. The molecule has 1 N–H and O–H groups in total. The first-order valence-electron chi connectivity index (χ1n) is 9.81. The molecule has 1 fully saturated rings. The summed E-state index contributed by atoms with van der Waals surface area (Å²) in [6.45, 7) is 8.57. The molecule has 3 aromatic rings. The van der Waals surface area contributed by atoms with Gasteiger partial charge in [0.05, 0.1) is 5.69 Å². The maximum atomic E-state index is 9.49. The summed E-state index contributed by atoms with van der Waals surface area (Å²) in [6.07, 6.45) is 2.04. The Labute approximate surface area is 193 Å². The largest absolute Gasteiger partial charge is 0.396 e. The second-order valence-corrected chi connectivity index (χ2v) is 10.0.